The highest BCUT2D eigenvalue weighted by atomic mass is 16.5. The number of carboxylic acids is 1. The van der Waals surface area contributed by atoms with Crippen LogP contribution in [-0.2, 0) is 16.0 Å². The Bertz CT molecular complexity index is 885. The molecule has 0 aliphatic carbocycles. The van der Waals surface area contributed by atoms with Crippen LogP contribution in [0.3, 0.4) is 0 Å². The first-order valence-electron chi connectivity index (χ1n) is 11.1. The van der Waals surface area contributed by atoms with Gasteiger partial charge in [0.1, 0.15) is 18.1 Å². The lowest BCUT2D eigenvalue weighted by Crippen LogP contribution is -2.40. The van der Waals surface area contributed by atoms with Gasteiger partial charge in [-0.25, -0.2) is 9.59 Å². The van der Waals surface area contributed by atoms with Crippen LogP contribution in [0.5, 0.6) is 11.5 Å². The summed E-state index contributed by atoms with van der Waals surface area (Å²) in [6.45, 7) is 7.53. The first-order chi connectivity index (χ1) is 15.8. The molecule has 2 aromatic carbocycles. The number of aliphatic carboxylic acids is 1. The molecule has 0 bridgehead atoms. The summed E-state index contributed by atoms with van der Waals surface area (Å²) in [6.07, 6.45) is -0.581. The number of methoxy groups -OCH3 is 1. The maximum Gasteiger partial charge on any atom is 0.333 e. The summed E-state index contributed by atoms with van der Waals surface area (Å²) in [5.74, 6) is 0.562. The van der Waals surface area contributed by atoms with E-state index in [0.717, 1.165) is 5.56 Å². The SMILES string of the molecule is CCOC(Cc1ccc(OCCN(CC(C)C)C(=O)Nc2ccccc2OC)cc1)C(=O)O. The van der Waals surface area contributed by atoms with Crippen molar-refractivity contribution in [3.63, 3.8) is 0 Å². The highest BCUT2D eigenvalue weighted by Crippen LogP contribution is 2.23. The van der Waals surface area contributed by atoms with E-state index in [1.807, 2.05) is 24.3 Å². The van der Waals surface area contributed by atoms with Crippen LogP contribution in [0.2, 0.25) is 0 Å². The standard InChI is InChI=1S/C25H34N2O6/c1-5-32-23(24(28)29)16-19-10-12-20(13-11-19)33-15-14-27(17-18(2)3)25(30)26-21-8-6-7-9-22(21)31-4/h6-13,18,23H,5,14-17H2,1-4H3,(H,26,30)(H,28,29). The lowest BCUT2D eigenvalue weighted by Gasteiger charge is -2.25. The Balaban J connectivity index is 1.93. The normalized spacial score (nSPS) is 11.7. The van der Waals surface area contributed by atoms with Gasteiger partial charge in [-0.2, -0.15) is 0 Å². The van der Waals surface area contributed by atoms with E-state index in [1.54, 1.807) is 43.2 Å². The zero-order valence-electron chi connectivity index (χ0n) is 19.7. The van der Waals surface area contributed by atoms with Gasteiger partial charge in [0, 0.05) is 19.6 Å². The Morgan fingerprint density at radius 1 is 1.09 bits per heavy atom. The molecule has 2 aromatic rings. The predicted molar refractivity (Wildman–Crippen MR) is 127 cm³/mol. The second-order valence-electron chi connectivity index (χ2n) is 7.95. The lowest BCUT2D eigenvalue weighted by atomic mass is 10.1. The molecule has 0 heterocycles. The number of anilines is 1. The van der Waals surface area contributed by atoms with E-state index in [0.29, 0.717) is 49.4 Å². The summed E-state index contributed by atoms with van der Waals surface area (Å²) < 4.78 is 16.4. The molecule has 33 heavy (non-hydrogen) atoms. The average molecular weight is 459 g/mol. The molecular weight excluding hydrogens is 424 g/mol. The zero-order valence-corrected chi connectivity index (χ0v) is 19.7. The van der Waals surface area contributed by atoms with Gasteiger partial charge in [-0.05, 0) is 42.7 Å². The van der Waals surface area contributed by atoms with Crippen molar-refractivity contribution >= 4 is 17.7 Å². The van der Waals surface area contributed by atoms with Crippen LogP contribution in [-0.4, -0.2) is 61.5 Å². The van der Waals surface area contributed by atoms with Gasteiger partial charge >= 0.3 is 12.0 Å². The number of nitrogens with zero attached hydrogens (tertiary/aromatic N) is 1. The average Bonchev–Trinajstić information content (AvgIpc) is 2.79. The summed E-state index contributed by atoms with van der Waals surface area (Å²) in [4.78, 5) is 25.8. The van der Waals surface area contributed by atoms with Gasteiger partial charge in [-0.3, -0.25) is 0 Å². The van der Waals surface area contributed by atoms with E-state index in [1.165, 1.54) is 0 Å². The number of hydrogen-bond acceptors (Lipinski definition) is 5. The highest BCUT2D eigenvalue weighted by molar-refractivity contribution is 5.91. The molecule has 0 saturated heterocycles. The van der Waals surface area contributed by atoms with Crippen molar-refractivity contribution in [1.82, 2.24) is 4.90 Å². The Morgan fingerprint density at radius 2 is 1.79 bits per heavy atom. The number of ether oxygens (including phenoxy) is 3. The predicted octanol–water partition coefficient (Wildman–Crippen LogP) is 4.30. The number of carbonyl (C=O) groups is 2. The third kappa shape index (κ3) is 8.65. The molecule has 0 aliphatic rings. The summed E-state index contributed by atoms with van der Waals surface area (Å²) >= 11 is 0. The van der Waals surface area contributed by atoms with E-state index < -0.39 is 12.1 Å². The van der Waals surface area contributed by atoms with Gasteiger partial charge in [0.25, 0.3) is 0 Å². The fourth-order valence-corrected chi connectivity index (χ4v) is 3.29. The van der Waals surface area contributed by atoms with Crippen molar-refractivity contribution in [3.05, 3.63) is 54.1 Å². The Labute approximate surface area is 195 Å². The first kappa shape index (κ1) is 26.0. The van der Waals surface area contributed by atoms with Crippen LogP contribution in [0.4, 0.5) is 10.5 Å². The largest absolute Gasteiger partial charge is 0.495 e. The molecule has 0 aromatic heterocycles. The maximum atomic E-state index is 12.9. The summed E-state index contributed by atoms with van der Waals surface area (Å²) in [5.41, 5.74) is 1.46. The van der Waals surface area contributed by atoms with E-state index >= 15 is 0 Å². The Kier molecular flexibility index (Phi) is 10.5. The highest BCUT2D eigenvalue weighted by Gasteiger charge is 2.18. The van der Waals surface area contributed by atoms with Crippen LogP contribution < -0.4 is 14.8 Å². The molecule has 2 amide bonds. The summed E-state index contributed by atoms with van der Waals surface area (Å²) in [6, 6.07) is 14.3. The van der Waals surface area contributed by atoms with Gasteiger partial charge in [0.2, 0.25) is 0 Å². The van der Waals surface area contributed by atoms with Crippen molar-refractivity contribution in [3.8, 4) is 11.5 Å². The van der Waals surface area contributed by atoms with Gasteiger partial charge in [0.15, 0.2) is 6.10 Å². The maximum absolute atomic E-state index is 12.9. The molecule has 1 unspecified atom stereocenters. The molecule has 8 heteroatoms. The van der Waals surface area contributed by atoms with Crippen LogP contribution in [0, 0.1) is 5.92 Å². The molecule has 180 valence electrons. The molecule has 0 fully saturated rings. The number of urea groups is 1. The van der Waals surface area contributed by atoms with Gasteiger partial charge in [-0.1, -0.05) is 38.1 Å². The third-order valence-corrected chi connectivity index (χ3v) is 4.84. The smallest absolute Gasteiger partial charge is 0.333 e. The van der Waals surface area contributed by atoms with E-state index in [2.05, 4.69) is 19.2 Å². The van der Waals surface area contributed by atoms with Crippen molar-refractivity contribution in [2.45, 2.75) is 33.3 Å². The van der Waals surface area contributed by atoms with Crippen molar-refractivity contribution in [2.75, 3.05) is 38.7 Å². The van der Waals surface area contributed by atoms with Crippen molar-refractivity contribution in [1.29, 1.82) is 0 Å². The number of hydrogen-bond donors (Lipinski definition) is 2. The molecule has 0 radical (unpaired) electrons. The number of rotatable bonds is 13. The lowest BCUT2D eigenvalue weighted by molar-refractivity contribution is -0.149. The first-order valence-corrected chi connectivity index (χ1v) is 11.1. The van der Waals surface area contributed by atoms with Crippen molar-refractivity contribution in [2.24, 2.45) is 5.92 Å². The second-order valence-corrected chi connectivity index (χ2v) is 7.95. The summed E-state index contributed by atoms with van der Waals surface area (Å²) in [5, 5.41) is 12.1. The molecule has 2 rings (SSSR count). The van der Waals surface area contributed by atoms with Crippen molar-refractivity contribution < 1.29 is 28.9 Å². The monoisotopic (exact) mass is 458 g/mol. The van der Waals surface area contributed by atoms with Gasteiger partial charge < -0.3 is 29.5 Å². The minimum Gasteiger partial charge on any atom is -0.495 e. The molecule has 2 N–H and O–H groups in total. The molecule has 0 saturated carbocycles. The third-order valence-electron chi connectivity index (χ3n) is 4.84. The van der Waals surface area contributed by atoms with E-state index in [9.17, 15) is 14.7 Å². The quantitative estimate of drug-likeness (QED) is 0.465. The molecular formula is C25H34N2O6. The molecule has 0 aliphatic heterocycles. The fourth-order valence-electron chi connectivity index (χ4n) is 3.29. The number of nitrogens with one attached hydrogen (secondary N) is 1. The molecule has 1 atom stereocenters. The summed E-state index contributed by atoms with van der Waals surface area (Å²) in [7, 11) is 1.56. The van der Waals surface area contributed by atoms with Gasteiger partial charge in [-0.15, -0.1) is 0 Å². The fraction of sp³-hybridized carbons (Fsp3) is 0.440. The molecule has 0 spiro atoms. The topological polar surface area (TPSA) is 97.3 Å². The molecule has 8 nitrogen and oxygen atoms in total. The number of carbonyl (C=O) groups excluding carboxylic acids is 1. The minimum absolute atomic E-state index is 0.220. The van der Waals surface area contributed by atoms with E-state index in [4.69, 9.17) is 14.2 Å². The van der Waals surface area contributed by atoms with Crippen LogP contribution in [0.25, 0.3) is 0 Å². The van der Waals surface area contributed by atoms with Crippen LogP contribution in [0.1, 0.15) is 26.3 Å². The second kappa shape index (κ2) is 13.3. The number of amides is 2. The Hall–Kier alpha value is -3.26. The van der Waals surface area contributed by atoms with Gasteiger partial charge in [0.05, 0.1) is 19.3 Å². The zero-order chi connectivity index (χ0) is 24.2. The Morgan fingerprint density at radius 3 is 2.39 bits per heavy atom. The van der Waals surface area contributed by atoms with Crippen LogP contribution in [0.15, 0.2) is 48.5 Å². The van der Waals surface area contributed by atoms with Crippen LogP contribution >= 0.6 is 0 Å². The van der Waals surface area contributed by atoms with E-state index in [-0.39, 0.29) is 12.5 Å². The number of para-hydroxylation sites is 2. The number of benzene rings is 2. The minimum atomic E-state index is -0.978. The number of carboxylic acid groups (broad SMARTS) is 1.